The number of aliphatic hydroxyl groups excluding tert-OH is 1. The fraction of sp³-hybridized carbons (Fsp3) is 0.211. The van der Waals surface area contributed by atoms with E-state index in [1.54, 1.807) is 18.3 Å². The van der Waals surface area contributed by atoms with E-state index >= 15 is 0 Å². The third kappa shape index (κ3) is 4.68. The van der Waals surface area contributed by atoms with Crippen LogP contribution in [0.15, 0.2) is 48.7 Å². The lowest BCUT2D eigenvalue weighted by atomic mass is 10.2. The Labute approximate surface area is 156 Å². The molecule has 0 aliphatic carbocycles. The molecule has 7 nitrogen and oxygen atoms in total. The first-order chi connectivity index (χ1) is 13.1. The number of nitrogens with zero attached hydrogens (tertiary/aromatic N) is 3. The number of aliphatic hydroxyl groups is 1. The molecule has 0 bridgehead atoms. The highest BCUT2D eigenvalue weighted by Crippen LogP contribution is 2.25. The van der Waals surface area contributed by atoms with Gasteiger partial charge in [0, 0.05) is 30.1 Å². The first-order valence-corrected chi connectivity index (χ1v) is 8.37. The zero-order valence-electron chi connectivity index (χ0n) is 15.0. The second-order valence-corrected chi connectivity index (χ2v) is 5.88. The van der Waals surface area contributed by atoms with Crippen LogP contribution in [0.3, 0.4) is 0 Å². The second kappa shape index (κ2) is 8.41. The van der Waals surface area contributed by atoms with E-state index in [1.807, 2.05) is 25.1 Å². The molecule has 2 aromatic heterocycles. The van der Waals surface area contributed by atoms with Crippen LogP contribution in [0.2, 0.25) is 0 Å². The number of anilines is 3. The molecule has 0 saturated carbocycles. The molecule has 27 heavy (non-hydrogen) atoms. The average molecular weight is 369 g/mol. The van der Waals surface area contributed by atoms with Gasteiger partial charge in [-0.05, 0) is 31.2 Å². The topological polar surface area (TPSA) is 92.2 Å². The normalized spacial score (nSPS) is 11.7. The summed E-state index contributed by atoms with van der Waals surface area (Å²) in [7, 11) is 1.41. The summed E-state index contributed by atoms with van der Waals surface area (Å²) in [5.74, 6) is 0.476. The largest absolute Gasteiger partial charge is 0.494 e. The number of halogens is 1. The van der Waals surface area contributed by atoms with Crippen molar-refractivity contribution in [3.05, 3.63) is 54.5 Å². The van der Waals surface area contributed by atoms with Gasteiger partial charge in [-0.15, -0.1) is 0 Å². The molecule has 0 radical (unpaired) electrons. The number of ether oxygens (including phenoxy) is 1. The molecule has 140 valence electrons. The summed E-state index contributed by atoms with van der Waals surface area (Å²) in [6, 6.07) is 11.5. The number of benzene rings is 1. The van der Waals surface area contributed by atoms with Gasteiger partial charge in [-0.3, -0.25) is 4.98 Å². The number of rotatable bonds is 7. The lowest BCUT2D eigenvalue weighted by molar-refractivity contribution is 0.281. The summed E-state index contributed by atoms with van der Waals surface area (Å²) in [6.07, 6.45) is 1.67. The molecule has 2 heterocycles. The van der Waals surface area contributed by atoms with Gasteiger partial charge in [0.15, 0.2) is 11.6 Å². The molecular formula is C19H20FN5O2. The maximum absolute atomic E-state index is 13.9. The molecule has 0 fully saturated rings. The zero-order valence-corrected chi connectivity index (χ0v) is 15.0. The second-order valence-electron chi connectivity index (χ2n) is 5.88. The first kappa shape index (κ1) is 18.5. The number of hydrogen-bond donors (Lipinski definition) is 3. The minimum atomic E-state index is -0.478. The molecule has 0 spiro atoms. The van der Waals surface area contributed by atoms with Crippen LogP contribution in [-0.2, 0) is 0 Å². The molecule has 1 aromatic carbocycles. The standard InChI is InChI=1S/C19H20FN5O2/c1-12(11-26)22-19-24-16(15-5-3-4-8-21-15)10-18(25-19)23-13-6-7-17(27-2)14(20)9-13/h3-10,12,26H,11H2,1-2H3,(H2,22,23,24,25)/t12-/m1/s1. The van der Waals surface area contributed by atoms with Gasteiger partial charge in [-0.2, -0.15) is 4.98 Å². The molecular weight excluding hydrogens is 349 g/mol. The van der Waals surface area contributed by atoms with Crippen LogP contribution in [0.4, 0.5) is 21.8 Å². The van der Waals surface area contributed by atoms with Gasteiger partial charge in [-0.25, -0.2) is 9.37 Å². The molecule has 0 amide bonds. The van der Waals surface area contributed by atoms with Crippen LogP contribution in [0.25, 0.3) is 11.4 Å². The molecule has 3 N–H and O–H groups in total. The maximum atomic E-state index is 13.9. The first-order valence-electron chi connectivity index (χ1n) is 8.37. The summed E-state index contributed by atoms with van der Waals surface area (Å²) in [5, 5.41) is 15.4. The third-order valence-electron chi connectivity index (χ3n) is 3.73. The lowest BCUT2D eigenvalue weighted by Crippen LogP contribution is -2.21. The highest BCUT2D eigenvalue weighted by atomic mass is 19.1. The summed E-state index contributed by atoms with van der Waals surface area (Å²) in [6.45, 7) is 1.74. The van der Waals surface area contributed by atoms with Crippen molar-refractivity contribution in [1.82, 2.24) is 15.0 Å². The zero-order chi connectivity index (χ0) is 19.2. The Morgan fingerprint density at radius 1 is 1.15 bits per heavy atom. The number of aromatic nitrogens is 3. The Balaban J connectivity index is 1.95. The summed E-state index contributed by atoms with van der Waals surface area (Å²) < 4.78 is 18.9. The van der Waals surface area contributed by atoms with Crippen molar-refractivity contribution < 1.29 is 14.2 Å². The van der Waals surface area contributed by atoms with Crippen LogP contribution < -0.4 is 15.4 Å². The van der Waals surface area contributed by atoms with E-state index in [0.29, 0.717) is 28.8 Å². The average Bonchev–Trinajstić information content (AvgIpc) is 2.68. The van der Waals surface area contributed by atoms with Gasteiger partial charge >= 0.3 is 0 Å². The minimum absolute atomic E-state index is 0.0658. The third-order valence-corrected chi connectivity index (χ3v) is 3.73. The smallest absolute Gasteiger partial charge is 0.225 e. The number of pyridine rings is 1. The Morgan fingerprint density at radius 2 is 2.00 bits per heavy atom. The molecule has 0 saturated heterocycles. The predicted octanol–water partition coefficient (Wildman–Crippen LogP) is 3.22. The maximum Gasteiger partial charge on any atom is 0.225 e. The van der Waals surface area contributed by atoms with Crippen LogP contribution in [0, 0.1) is 5.82 Å². The van der Waals surface area contributed by atoms with Crippen molar-refractivity contribution in [3.63, 3.8) is 0 Å². The van der Waals surface area contributed by atoms with E-state index in [-0.39, 0.29) is 18.4 Å². The van der Waals surface area contributed by atoms with E-state index in [2.05, 4.69) is 25.6 Å². The fourth-order valence-electron chi connectivity index (χ4n) is 2.38. The lowest BCUT2D eigenvalue weighted by Gasteiger charge is -2.14. The Bertz CT molecular complexity index is 908. The monoisotopic (exact) mass is 369 g/mol. The summed E-state index contributed by atoms with van der Waals surface area (Å²) in [4.78, 5) is 13.1. The van der Waals surface area contributed by atoms with Gasteiger partial charge in [0.05, 0.1) is 25.1 Å². The summed E-state index contributed by atoms with van der Waals surface area (Å²) >= 11 is 0. The highest BCUT2D eigenvalue weighted by molar-refractivity contribution is 5.65. The molecule has 3 aromatic rings. The van der Waals surface area contributed by atoms with E-state index in [9.17, 15) is 9.50 Å². The van der Waals surface area contributed by atoms with Gasteiger partial charge in [0.1, 0.15) is 5.82 Å². The van der Waals surface area contributed by atoms with Gasteiger partial charge < -0.3 is 20.5 Å². The van der Waals surface area contributed by atoms with Crippen molar-refractivity contribution in [1.29, 1.82) is 0 Å². The fourth-order valence-corrected chi connectivity index (χ4v) is 2.38. The van der Waals surface area contributed by atoms with E-state index in [1.165, 1.54) is 19.2 Å². The summed E-state index contributed by atoms with van der Waals surface area (Å²) in [5.41, 5.74) is 1.78. The van der Waals surface area contributed by atoms with Crippen LogP contribution in [0.5, 0.6) is 5.75 Å². The number of hydrogen-bond acceptors (Lipinski definition) is 7. The van der Waals surface area contributed by atoms with E-state index < -0.39 is 5.82 Å². The minimum Gasteiger partial charge on any atom is -0.494 e. The predicted molar refractivity (Wildman–Crippen MR) is 102 cm³/mol. The number of methoxy groups -OCH3 is 1. The van der Waals surface area contributed by atoms with Gasteiger partial charge in [0.2, 0.25) is 5.95 Å². The van der Waals surface area contributed by atoms with E-state index in [0.717, 1.165) is 0 Å². The SMILES string of the molecule is COc1ccc(Nc2cc(-c3ccccn3)nc(N[C@H](C)CO)n2)cc1F. The van der Waals surface area contributed by atoms with E-state index in [4.69, 9.17) is 4.74 Å². The quantitative estimate of drug-likeness (QED) is 0.589. The van der Waals surface area contributed by atoms with Gasteiger partial charge in [-0.1, -0.05) is 6.07 Å². The van der Waals surface area contributed by atoms with Crippen LogP contribution in [0.1, 0.15) is 6.92 Å². The molecule has 8 heteroatoms. The van der Waals surface area contributed by atoms with Crippen LogP contribution in [-0.4, -0.2) is 39.8 Å². The van der Waals surface area contributed by atoms with Crippen molar-refractivity contribution >= 4 is 17.5 Å². The number of nitrogens with one attached hydrogen (secondary N) is 2. The van der Waals surface area contributed by atoms with Crippen molar-refractivity contribution in [3.8, 4) is 17.1 Å². The molecule has 1 atom stereocenters. The Kier molecular flexibility index (Phi) is 5.77. The highest BCUT2D eigenvalue weighted by Gasteiger charge is 2.11. The molecule has 3 rings (SSSR count). The van der Waals surface area contributed by atoms with Crippen LogP contribution >= 0.6 is 0 Å². The molecule has 0 unspecified atom stereocenters. The van der Waals surface area contributed by atoms with Crippen molar-refractivity contribution in [2.24, 2.45) is 0 Å². The Morgan fingerprint density at radius 3 is 2.67 bits per heavy atom. The van der Waals surface area contributed by atoms with Gasteiger partial charge in [0.25, 0.3) is 0 Å². The van der Waals surface area contributed by atoms with Crippen molar-refractivity contribution in [2.45, 2.75) is 13.0 Å². The Hall–Kier alpha value is -3.26. The molecule has 0 aliphatic rings. The van der Waals surface area contributed by atoms with Crippen molar-refractivity contribution in [2.75, 3.05) is 24.4 Å². The molecule has 0 aliphatic heterocycles.